The summed E-state index contributed by atoms with van der Waals surface area (Å²) in [6.45, 7) is 4.78. The van der Waals surface area contributed by atoms with Crippen molar-refractivity contribution in [2.75, 3.05) is 44.5 Å². The largest absolute Gasteiger partial charge is 0.495 e. The molecule has 2 aromatic rings. The Kier molecular flexibility index (Phi) is 8.48. The molecule has 2 amide bonds. The topological polar surface area (TPSA) is 79.9 Å². The number of aryl methyl sites for hydroxylation is 1. The van der Waals surface area contributed by atoms with Crippen molar-refractivity contribution < 1.29 is 19.1 Å². The maximum absolute atomic E-state index is 12.6. The van der Waals surface area contributed by atoms with Gasteiger partial charge in [-0.1, -0.05) is 25.1 Å². The summed E-state index contributed by atoms with van der Waals surface area (Å²) >= 11 is 0. The molecule has 0 aliphatic carbocycles. The van der Waals surface area contributed by atoms with Gasteiger partial charge >= 0.3 is 0 Å². The molecule has 7 heteroatoms. The predicted octanol–water partition coefficient (Wildman–Crippen LogP) is 3.30. The van der Waals surface area contributed by atoms with Crippen molar-refractivity contribution >= 4 is 23.2 Å². The molecule has 0 unspecified atom stereocenters. The SMILES string of the molecule is CCCN(CC(=O)Nc1ccccc1OC)CC(=O)Nc1cc(C)ccc1OC. The molecule has 0 radical (unpaired) electrons. The number of nitrogens with one attached hydrogen (secondary N) is 2. The van der Waals surface area contributed by atoms with E-state index in [1.54, 1.807) is 26.4 Å². The fraction of sp³-hybridized carbons (Fsp3) is 0.364. The van der Waals surface area contributed by atoms with Crippen molar-refractivity contribution in [3.63, 3.8) is 0 Å². The predicted molar refractivity (Wildman–Crippen MR) is 115 cm³/mol. The smallest absolute Gasteiger partial charge is 0.238 e. The van der Waals surface area contributed by atoms with Crippen LogP contribution in [0.3, 0.4) is 0 Å². The first-order valence-corrected chi connectivity index (χ1v) is 9.56. The molecule has 0 bridgehead atoms. The molecule has 2 rings (SSSR count). The number of ether oxygens (including phenoxy) is 2. The Morgan fingerprint density at radius 3 is 2.10 bits per heavy atom. The van der Waals surface area contributed by atoms with Gasteiger partial charge in [-0.25, -0.2) is 0 Å². The monoisotopic (exact) mass is 399 g/mol. The van der Waals surface area contributed by atoms with Gasteiger partial charge in [0.2, 0.25) is 11.8 Å². The Morgan fingerprint density at radius 1 is 0.897 bits per heavy atom. The summed E-state index contributed by atoms with van der Waals surface area (Å²) < 4.78 is 10.6. The van der Waals surface area contributed by atoms with Gasteiger partial charge in [0, 0.05) is 0 Å². The lowest BCUT2D eigenvalue weighted by Gasteiger charge is -2.21. The minimum absolute atomic E-state index is 0.101. The van der Waals surface area contributed by atoms with Crippen molar-refractivity contribution in [3.8, 4) is 11.5 Å². The molecule has 0 aliphatic heterocycles. The summed E-state index contributed by atoms with van der Waals surface area (Å²) in [5.41, 5.74) is 2.24. The first kappa shape index (κ1) is 22.2. The van der Waals surface area contributed by atoms with Crippen LogP contribution in [0.4, 0.5) is 11.4 Å². The molecule has 0 saturated carbocycles. The normalized spacial score (nSPS) is 10.5. The van der Waals surface area contributed by atoms with E-state index in [1.807, 2.05) is 49.1 Å². The molecule has 7 nitrogen and oxygen atoms in total. The van der Waals surface area contributed by atoms with Gasteiger partial charge in [0.15, 0.2) is 0 Å². The van der Waals surface area contributed by atoms with Gasteiger partial charge in [0.25, 0.3) is 0 Å². The van der Waals surface area contributed by atoms with Crippen LogP contribution in [0.5, 0.6) is 11.5 Å². The van der Waals surface area contributed by atoms with Crippen LogP contribution in [0.1, 0.15) is 18.9 Å². The van der Waals surface area contributed by atoms with E-state index >= 15 is 0 Å². The number of methoxy groups -OCH3 is 2. The van der Waals surface area contributed by atoms with Crippen LogP contribution in [0, 0.1) is 6.92 Å². The molecule has 0 heterocycles. The van der Waals surface area contributed by atoms with Gasteiger partial charge in [-0.15, -0.1) is 0 Å². The third kappa shape index (κ3) is 6.80. The van der Waals surface area contributed by atoms with Crippen LogP contribution in [-0.2, 0) is 9.59 Å². The second-order valence-corrected chi connectivity index (χ2v) is 6.71. The van der Waals surface area contributed by atoms with E-state index in [0.717, 1.165) is 12.0 Å². The van der Waals surface area contributed by atoms with Gasteiger partial charge in [-0.05, 0) is 49.7 Å². The van der Waals surface area contributed by atoms with Crippen LogP contribution in [-0.4, -0.2) is 50.6 Å². The average molecular weight is 399 g/mol. The number of hydrogen-bond donors (Lipinski definition) is 2. The quantitative estimate of drug-likeness (QED) is 0.641. The van der Waals surface area contributed by atoms with E-state index in [2.05, 4.69) is 10.6 Å². The number of carbonyl (C=O) groups is 2. The molecular formula is C22H29N3O4. The van der Waals surface area contributed by atoms with Gasteiger partial charge in [0.05, 0.1) is 38.7 Å². The Morgan fingerprint density at radius 2 is 1.48 bits per heavy atom. The standard InChI is InChI=1S/C22H29N3O4/c1-5-12-25(14-21(26)23-17-8-6-7-9-19(17)28-3)15-22(27)24-18-13-16(2)10-11-20(18)29-4/h6-11,13H,5,12,14-15H2,1-4H3,(H,23,26)(H,24,27). The molecule has 2 aromatic carbocycles. The molecule has 156 valence electrons. The number of anilines is 2. The van der Waals surface area contributed by atoms with Crippen LogP contribution in [0.25, 0.3) is 0 Å². The van der Waals surface area contributed by atoms with Crippen LogP contribution >= 0.6 is 0 Å². The fourth-order valence-electron chi connectivity index (χ4n) is 2.98. The highest BCUT2D eigenvalue weighted by atomic mass is 16.5. The molecule has 0 atom stereocenters. The van der Waals surface area contributed by atoms with Crippen molar-refractivity contribution in [1.29, 1.82) is 0 Å². The summed E-state index contributed by atoms with van der Waals surface area (Å²) in [5, 5.41) is 5.72. The van der Waals surface area contributed by atoms with E-state index in [9.17, 15) is 9.59 Å². The summed E-state index contributed by atoms with van der Waals surface area (Å²) in [5.74, 6) is 0.781. The lowest BCUT2D eigenvalue weighted by Crippen LogP contribution is -2.39. The maximum Gasteiger partial charge on any atom is 0.238 e. The van der Waals surface area contributed by atoms with E-state index in [-0.39, 0.29) is 24.9 Å². The number of hydrogen-bond acceptors (Lipinski definition) is 5. The Hall–Kier alpha value is -3.06. The van der Waals surface area contributed by atoms with Gasteiger partial charge in [0.1, 0.15) is 11.5 Å². The minimum atomic E-state index is -0.205. The number of para-hydroxylation sites is 2. The molecule has 0 aliphatic rings. The van der Waals surface area contributed by atoms with E-state index in [4.69, 9.17) is 9.47 Å². The van der Waals surface area contributed by atoms with E-state index < -0.39 is 0 Å². The minimum Gasteiger partial charge on any atom is -0.495 e. The van der Waals surface area contributed by atoms with Crippen LogP contribution in [0.15, 0.2) is 42.5 Å². The molecule has 0 spiro atoms. The summed E-state index contributed by atoms with van der Waals surface area (Å²) in [6, 6.07) is 12.8. The van der Waals surface area contributed by atoms with Crippen molar-refractivity contribution in [3.05, 3.63) is 48.0 Å². The molecule has 0 fully saturated rings. The highest BCUT2D eigenvalue weighted by Gasteiger charge is 2.16. The van der Waals surface area contributed by atoms with Crippen molar-refractivity contribution in [1.82, 2.24) is 4.90 Å². The fourth-order valence-corrected chi connectivity index (χ4v) is 2.98. The second-order valence-electron chi connectivity index (χ2n) is 6.71. The zero-order valence-corrected chi connectivity index (χ0v) is 17.5. The number of carbonyl (C=O) groups excluding carboxylic acids is 2. The van der Waals surface area contributed by atoms with Gasteiger partial charge in [-0.2, -0.15) is 0 Å². The zero-order chi connectivity index (χ0) is 21.2. The number of rotatable bonds is 10. The summed E-state index contributed by atoms with van der Waals surface area (Å²) in [4.78, 5) is 26.9. The molecule has 29 heavy (non-hydrogen) atoms. The summed E-state index contributed by atoms with van der Waals surface area (Å²) in [6.07, 6.45) is 0.822. The average Bonchev–Trinajstić information content (AvgIpc) is 2.68. The Labute approximate surface area is 172 Å². The molecular weight excluding hydrogens is 370 g/mol. The van der Waals surface area contributed by atoms with Crippen molar-refractivity contribution in [2.24, 2.45) is 0 Å². The Bertz CT molecular complexity index is 839. The summed E-state index contributed by atoms with van der Waals surface area (Å²) in [7, 11) is 3.12. The number of nitrogens with zero attached hydrogens (tertiary/aromatic N) is 1. The van der Waals surface area contributed by atoms with Gasteiger partial charge in [-0.3, -0.25) is 14.5 Å². The van der Waals surface area contributed by atoms with E-state index in [0.29, 0.717) is 29.4 Å². The van der Waals surface area contributed by atoms with Crippen molar-refractivity contribution in [2.45, 2.75) is 20.3 Å². The van der Waals surface area contributed by atoms with Crippen LogP contribution in [0.2, 0.25) is 0 Å². The number of amides is 2. The van der Waals surface area contributed by atoms with E-state index in [1.165, 1.54) is 0 Å². The molecule has 0 saturated heterocycles. The number of benzene rings is 2. The van der Waals surface area contributed by atoms with Gasteiger partial charge < -0.3 is 20.1 Å². The first-order valence-electron chi connectivity index (χ1n) is 9.56. The van der Waals surface area contributed by atoms with Crippen LogP contribution < -0.4 is 20.1 Å². The lowest BCUT2D eigenvalue weighted by atomic mass is 10.2. The zero-order valence-electron chi connectivity index (χ0n) is 17.5. The lowest BCUT2D eigenvalue weighted by molar-refractivity contribution is -0.120. The second kappa shape index (κ2) is 11.1. The molecule has 0 aromatic heterocycles. The first-order chi connectivity index (χ1) is 14.0. The maximum atomic E-state index is 12.6. The third-order valence-corrected chi connectivity index (χ3v) is 4.28. The third-order valence-electron chi connectivity index (χ3n) is 4.28. The highest BCUT2D eigenvalue weighted by Crippen LogP contribution is 2.25. The highest BCUT2D eigenvalue weighted by molar-refractivity contribution is 5.96. The Balaban J connectivity index is 1.99. The molecule has 2 N–H and O–H groups in total.